The van der Waals surface area contributed by atoms with Gasteiger partial charge in [0.1, 0.15) is 12.1 Å². The number of rotatable bonds is 4. The first kappa shape index (κ1) is 12.9. The highest BCUT2D eigenvalue weighted by Gasteiger charge is 2.37. The second-order valence-electron chi connectivity index (χ2n) is 3.76. The largest absolute Gasteiger partial charge is 0.481 e. The van der Waals surface area contributed by atoms with Gasteiger partial charge < -0.3 is 20.8 Å². The average Bonchev–Trinajstić information content (AvgIpc) is 2.20. The van der Waals surface area contributed by atoms with Gasteiger partial charge in [0.2, 0.25) is 11.8 Å². The number of carboxylic acid groups (broad SMARTS) is 2. The molecule has 0 saturated carbocycles. The van der Waals surface area contributed by atoms with Gasteiger partial charge in [0.15, 0.2) is 5.92 Å². The molecule has 2 atom stereocenters. The number of nitrogens with one attached hydrogen (secondary N) is 2. The summed E-state index contributed by atoms with van der Waals surface area (Å²) in [7, 11) is 0. The smallest absolute Gasteiger partial charge is 0.317 e. The molecule has 8 heteroatoms. The summed E-state index contributed by atoms with van der Waals surface area (Å²) in [5, 5.41) is 21.9. The van der Waals surface area contributed by atoms with E-state index in [4.69, 9.17) is 10.2 Å². The summed E-state index contributed by atoms with van der Waals surface area (Å²) in [4.78, 5) is 44.0. The second-order valence-corrected chi connectivity index (χ2v) is 3.76. The molecule has 0 aromatic carbocycles. The van der Waals surface area contributed by atoms with Crippen molar-refractivity contribution in [2.24, 2.45) is 5.92 Å². The third-order valence-electron chi connectivity index (χ3n) is 2.45. The number of hydrogen-bond acceptors (Lipinski definition) is 4. The number of carbonyl (C=O) groups excluding carboxylic acids is 2. The van der Waals surface area contributed by atoms with Crippen molar-refractivity contribution in [2.75, 3.05) is 0 Å². The minimum Gasteiger partial charge on any atom is -0.481 e. The molecule has 1 saturated heterocycles. The summed E-state index contributed by atoms with van der Waals surface area (Å²) in [6.07, 6.45) is -0.477. The van der Waals surface area contributed by atoms with E-state index in [1.165, 1.54) is 6.92 Å². The Balaban J connectivity index is 2.73. The summed E-state index contributed by atoms with van der Waals surface area (Å²) in [6.45, 7) is 1.47. The number of piperazine rings is 1. The van der Waals surface area contributed by atoms with Crippen molar-refractivity contribution in [1.82, 2.24) is 10.6 Å². The summed E-state index contributed by atoms with van der Waals surface area (Å²) in [6, 6.07) is -1.83. The molecule has 1 heterocycles. The van der Waals surface area contributed by atoms with Gasteiger partial charge >= 0.3 is 11.9 Å². The van der Waals surface area contributed by atoms with E-state index in [-0.39, 0.29) is 0 Å². The zero-order valence-corrected chi connectivity index (χ0v) is 8.97. The van der Waals surface area contributed by atoms with Crippen LogP contribution in [-0.4, -0.2) is 46.0 Å². The highest BCUT2D eigenvalue weighted by Crippen LogP contribution is 2.11. The Labute approximate surface area is 96.0 Å². The molecule has 17 heavy (non-hydrogen) atoms. The first-order chi connectivity index (χ1) is 7.82. The van der Waals surface area contributed by atoms with Gasteiger partial charge in [-0.25, -0.2) is 0 Å². The molecule has 1 aliphatic heterocycles. The Morgan fingerprint density at radius 2 is 1.71 bits per heavy atom. The molecule has 0 radical (unpaired) electrons. The van der Waals surface area contributed by atoms with Crippen LogP contribution >= 0.6 is 0 Å². The molecule has 0 aromatic heterocycles. The van der Waals surface area contributed by atoms with Crippen LogP contribution in [0.5, 0.6) is 0 Å². The van der Waals surface area contributed by atoms with E-state index < -0.39 is 48.2 Å². The Kier molecular flexibility index (Phi) is 3.66. The zero-order chi connectivity index (χ0) is 13.2. The van der Waals surface area contributed by atoms with E-state index in [9.17, 15) is 19.2 Å². The van der Waals surface area contributed by atoms with Crippen molar-refractivity contribution in [3.05, 3.63) is 0 Å². The lowest BCUT2D eigenvalue weighted by atomic mass is 9.97. The SMILES string of the molecule is CC1NC(=O)C(CC(C(=O)O)C(=O)O)NC1=O. The molecule has 1 fully saturated rings. The molecule has 2 amide bonds. The van der Waals surface area contributed by atoms with Gasteiger partial charge in [-0.2, -0.15) is 0 Å². The van der Waals surface area contributed by atoms with Crippen LogP contribution in [-0.2, 0) is 19.2 Å². The van der Waals surface area contributed by atoms with Crippen LogP contribution in [0, 0.1) is 5.92 Å². The molecule has 2 unspecified atom stereocenters. The Hall–Kier alpha value is -2.12. The lowest BCUT2D eigenvalue weighted by molar-refractivity contribution is -0.155. The van der Waals surface area contributed by atoms with Crippen molar-refractivity contribution in [1.29, 1.82) is 0 Å². The minimum atomic E-state index is -1.72. The van der Waals surface area contributed by atoms with Gasteiger partial charge in [0.25, 0.3) is 0 Å². The molecule has 1 rings (SSSR count). The van der Waals surface area contributed by atoms with Crippen molar-refractivity contribution >= 4 is 23.8 Å². The predicted molar refractivity (Wildman–Crippen MR) is 52.9 cm³/mol. The maximum Gasteiger partial charge on any atom is 0.317 e. The topological polar surface area (TPSA) is 133 Å². The van der Waals surface area contributed by atoms with E-state index >= 15 is 0 Å². The zero-order valence-electron chi connectivity index (χ0n) is 8.97. The molecule has 0 aromatic rings. The quantitative estimate of drug-likeness (QED) is 0.430. The molecule has 1 aliphatic rings. The van der Waals surface area contributed by atoms with E-state index in [2.05, 4.69) is 10.6 Å². The molecule has 94 valence electrons. The summed E-state index contributed by atoms with van der Waals surface area (Å²) in [5.41, 5.74) is 0. The first-order valence-corrected chi connectivity index (χ1v) is 4.89. The molecule has 0 bridgehead atoms. The monoisotopic (exact) mass is 244 g/mol. The Bertz CT molecular complexity index is 366. The van der Waals surface area contributed by atoms with Crippen LogP contribution in [0.1, 0.15) is 13.3 Å². The van der Waals surface area contributed by atoms with Gasteiger partial charge in [0, 0.05) is 6.42 Å². The van der Waals surface area contributed by atoms with Crippen LogP contribution in [0.15, 0.2) is 0 Å². The van der Waals surface area contributed by atoms with Crippen molar-refractivity contribution in [3.63, 3.8) is 0 Å². The lowest BCUT2D eigenvalue weighted by Crippen LogP contribution is -2.61. The highest BCUT2D eigenvalue weighted by molar-refractivity contribution is 5.98. The van der Waals surface area contributed by atoms with Crippen LogP contribution < -0.4 is 10.6 Å². The summed E-state index contributed by atoms with van der Waals surface area (Å²) >= 11 is 0. The van der Waals surface area contributed by atoms with Crippen LogP contribution in [0.4, 0.5) is 0 Å². The molecule has 8 nitrogen and oxygen atoms in total. The fourth-order valence-corrected chi connectivity index (χ4v) is 1.45. The van der Waals surface area contributed by atoms with Crippen molar-refractivity contribution in [3.8, 4) is 0 Å². The van der Waals surface area contributed by atoms with Gasteiger partial charge in [0.05, 0.1) is 0 Å². The van der Waals surface area contributed by atoms with E-state index in [0.717, 1.165) is 0 Å². The highest BCUT2D eigenvalue weighted by atomic mass is 16.4. The molecule has 0 spiro atoms. The third kappa shape index (κ3) is 2.92. The van der Waals surface area contributed by atoms with Crippen LogP contribution in [0.25, 0.3) is 0 Å². The second kappa shape index (κ2) is 4.81. The van der Waals surface area contributed by atoms with Gasteiger partial charge in [-0.15, -0.1) is 0 Å². The third-order valence-corrected chi connectivity index (χ3v) is 2.45. The normalized spacial score (nSPS) is 24.1. The molecule has 4 N–H and O–H groups in total. The van der Waals surface area contributed by atoms with Crippen LogP contribution in [0.3, 0.4) is 0 Å². The maximum atomic E-state index is 11.4. The summed E-state index contributed by atoms with van der Waals surface area (Å²) < 4.78 is 0. The Morgan fingerprint density at radius 3 is 2.18 bits per heavy atom. The van der Waals surface area contributed by atoms with Gasteiger partial charge in [-0.05, 0) is 6.92 Å². The molecular formula is C9H12N2O6. The maximum absolute atomic E-state index is 11.4. The number of amides is 2. The number of hydrogen-bond donors (Lipinski definition) is 4. The van der Waals surface area contributed by atoms with Crippen LogP contribution in [0.2, 0.25) is 0 Å². The Morgan fingerprint density at radius 1 is 1.18 bits per heavy atom. The minimum absolute atomic E-state index is 0.468. The fraction of sp³-hybridized carbons (Fsp3) is 0.556. The van der Waals surface area contributed by atoms with Gasteiger partial charge in [-0.3, -0.25) is 19.2 Å². The number of carboxylic acids is 2. The number of aliphatic carboxylic acids is 2. The summed E-state index contributed by atoms with van der Waals surface area (Å²) in [5.74, 6) is -5.86. The average molecular weight is 244 g/mol. The van der Waals surface area contributed by atoms with E-state index in [1.54, 1.807) is 0 Å². The van der Waals surface area contributed by atoms with Crippen molar-refractivity contribution < 1.29 is 29.4 Å². The molecular weight excluding hydrogens is 232 g/mol. The predicted octanol–water partition coefficient (Wildman–Crippen LogP) is -1.83. The number of carbonyl (C=O) groups is 4. The van der Waals surface area contributed by atoms with Gasteiger partial charge in [-0.1, -0.05) is 0 Å². The first-order valence-electron chi connectivity index (χ1n) is 4.89. The lowest BCUT2D eigenvalue weighted by Gasteiger charge is -2.28. The van der Waals surface area contributed by atoms with E-state index in [1.807, 2.05) is 0 Å². The fourth-order valence-electron chi connectivity index (χ4n) is 1.45. The standard InChI is InChI=1S/C9H12N2O6/c1-3-6(12)11-5(7(13)10-3)2-4(8(14)15)9(16)17/h3-5H,2H2,1H3,(H,10,13)(H,11,12)(H,14,15)(H,16,17). The van der Waals surface area contributed by atoms with E-state index in [0.29, 0.717) is 0 Å². The molecule has 0 aliphatic carbocycles. The van der Waals surface area contributed by atoms with Crippen molar-refractivity contribution in [2.45, 2.75) is 25.4 Å².